The second-order valence-corrected chi connectivity index (χ2v) is 8.11. The number of hydrogen-bond acceptors (Lipinski definition) is 7. The Kier molecular flexibility index (Phi) is 4.44. The predicted octanol–water partition coefficient (Wildman–Crippen LogP) is 2.64. The van der Waals surface area contributed by atoms with Gasteiger partial charge in [0.1, 0.15) is 10.7 Å². The van der Waals surface area contributed by atoms with Gasteiger partial charge in [0.2, 0.25) is 0 Å². The molecular weight excluding hydrogens is 370 g/mol. The zero-order chi connectivity index (χ0) is 18.1. The van der Waals surface area contributed by atoms with Crippen LogP contribution in [0.5, 0.6) is 0 Å². The molecule has 3 aromatic rings. The summed E-state index contributed by atoms with van der Waals surface area (Å²) >= 11 is 1.35. The maximum Gasteiger partial charge on any atom is 0.171 e. The lowest BCUT2D eigenvalue weighted by Gasteiger charge is -2.06. The lowest BCUT2D eigenvalue weighted by Crippen LogP contribution is -2.00. The first-order valence-corrected chi connectivity index (χ1v) is 10.2. The highest BCUT2D eigenvalue weighted by molar-refractivity contribution is 7.71. The van der Waals surface area contributed by atoms with Gasteiger partial charge in [0.25, 0.3) is 0 Å². The van der Waals surface area contributed by atoms with E-state index in [1.165, 1.54) is 24.2 Å². The molecule has 1 aliphatic rings. The third-order valence-corrected chi connectivity index (χ3v) is 5.87. The maximum absolute atomic E-state index is 10.9. The number of nitrogens with zero attached hydrogens (tertiary/aromatic N) is 3. The average Bonchev–Trinajstić information content (AvgIpc) is 3.19. The first-order chi connectivity index (χ1) is 12.6. The Morgan fingerprint density at radius 2 is 2.23 bits per heavy atom. The number of aromatic nitrogens is 4. The first-order valence-electron chi connectivity index (χ1n) is 7.99. The van der Waals surface area contributed by atoms with E-state index in [0.717, 1.165) is 15.4 Å². The van der Waals surface area contributed by atoms with E-state index in [-0.39, 0.29) is 5.75 Å². The number of aromatic amines is 1. The zero-order valence-electron chi connectivity index (χ0n) is 13.6. The van der Waals surface area contributed by atoms with Crippen LogP contribution in [0.25, 0.3) is 10.7 Å². The molecular formula is C17H15N5O2S2. The Balaban J connectivity index is 1.62. The van der Waals surface area contributed by atoms with Gasteiger partial charge in [-0.15, -0.1) is 17.8 Å². The summed E-state index contributed by atoms with van der Waals surface area (Å²) in [7, 11) is -2.46. The van der Waals surface area contributed by atoms with Crippen LogP contribution in [0.2, 0.25) is 0 Å². The lowest BCUT2D eigenvalue weighted by atomic mass is 10.3. The number of anilines is 2. The predicted molar refractivity (Wildman–Crippen MR) is 101 cm³/mol. The highest BCUT2D eigenvalue weighted by atomic mass is 32.2. The molecule has 26 heavy (non-hydrogen) atoms. The molecule has 0 radical (unpaired) electrons. The average molecular weight is 385 g/mol. The number of nitrogens with one attached hydrogen (secondary N) is 2. The van der Waals surface area contributed by atoms with Gasteiger partial charge in [0, 0.05) is 28.8 Å². The summed E-state index contributed by atoms with van der Waals surface area (Å²) in [5, 5.41) is 10.4. The Morgan fingerprint density at radius 1 is 1.38 bits per heavy atom. The van der Waals surface area contributed by atoms with Crippen LogP contribution in [-0.2, 0) is 16.5 Å². The SMILES string of the molecule is C#Cc1cnc(-c2ccc(C[SH](=O)=O)s2)nc1Nc1cc(C2CC2)[nH]n1. The number of terminal acetylenes is 1. The van der Waals surface area contributed by atoms with E-state index >= 15 is 0 Å². The minimum absolute atomic E-state index is 0.0186. The smallest absolute Gasteiger partial charge is 0.171 e. The molecule has 3 aromatic heterocycles. The van der Waals surface area contributed by atoms with Crippen LogP contribution in [0.4, 0.5) is 11.6 Å². The minimum Gasteiger partial charge on any atom is -0.322 e. The molecule has 0 unspecified atom stereocenters. The highest BCUT2D eigenvalue weighted by Gasteiger charge is 2.25. The summed E-state index contributed by atoms with van der Waals surface area (Å²) in [5.74, 6) is 4.80. The van der Waals surface area contributed by atoms with Crippen LogP contribution in [-0.4, -0.2) is 28.6 Å². The summed E-state index contributed by atoms with van der Waals surface area (Å²) in [5.41, 5.74) is 1.64. The van der Waals surface area contributed by atoms with Crippen molar-refractivity contribution in [1.29, 1.82) is 0 Å². The molecule has 9 heteroatoms. The lowest BCUT2D eigenvalue weighted by molar-refractivity contribution is 0.614. The molecule has 0 atom stereocenters. The summed E-state index contributed by atoms with van der Waals surface area (Å²) in [6.07, 6.45) is 9.50. The van der Waals surface area contributed by atoms with Gasteiger partial charge in [-0.05, 0) is 25.0 Å². The first kappa shape index (κ1) is 16.8. The number of H-pyrrole nitrogens is 1. The fraction of sp³-hybridized carbons (Fsp3) is 0.235. The van der Waals surface area contributed by atoms with Gasteiger partial charge < -0.3 is 5.32 Å². The van der Waals surface area contributed by atoms with Crippen LogP contribution in [0, 0.1) is 12.3 Å². The van der Waals surface area contributed by atoms with Crippen LogP contribution < -0.4 is 5.32 Å². The Labute approximate surface area is 155 Å². The van der Waals surface area contributed by atoms with Crippen molar-refractivity contribution in [2.45, 2.75) is 24.5 Å². The van der Waals surface area contributed by atoms with Gasteiger partial charge in [-0.1, -0.05) is 5.92 Å². The standard InChI is InChI=1S/C17H15N5O2S2/c1-2-10-8-18-17(14-6-5-12(25-14)9-26(23)24)20-16(10)19-15-7-13(21-22-15)11-3-4-11/h1,5-8,11,26H,3-4,9H2,(H2,18,19,20,21,22). The third-order valence-electron chi connectivity index (χ3n) is 3.97. The molecule has 0 aliphatic heterocycles. The largest absolute Gasteiger partial charge is 0.322 e. The maximum atomic E-state index is 10.9. The van der Waals surface area contributed by atoms with Crippen LogP contribution in [0.1, 0.15) is 34.9 Å². The van der Waals surface area contributed by atoms with Gasteiger partial charge in [0.05, 0.1) is 16.2 Å². The fourth-order valence-corrected chi connectivity index (χ4v) is 4.22. The van der Waals surface area contributed by atoms with Crippen molar-refractivity contribution < 1.29 is 8.42 Å². The third kappa shape index (κ3) is 3.61. The van der Waals surface area contributed by atoms with Crippen molar-refractivity contribution in [3.8, 4) is 23.0 Å². The van der Waals surface area contributed by atoms with E-state index in [2.05, 4.69) is 31.4 Å². The summed E-state index contributed by atoms with van der Waals surface area (Å²) in [6.45, 7) is 0. The molecule has 0 aromatic carbocycles. The second-order valence-electron chi connectivity index (χ2n) is 5.96. The van der Waals surface area contributed by atoms with Gasteiger partial charge in [-0.2, -0.15) is 5.10 Å². The molecule has 3 heterocycles. The van der Waals surface area contributed by atoms with Crippen molar-refractivity contribution >= 4 is 33.7 Å². The zero-order valence-corrected chi connectivity index (χ0v) is 15.3. The molecule has 1 fully saturated rings. The van der Waals surface area contributed by atoms with Crippen LogP contribution in [0.15, 0.2) is 24.4 Å². The van der Waals surface area contributed by atoms with E-state index in [1.54, 1.807) is 12.3 Å². The molecule has 1 aliphatic carbocycles. The van der Waals surface area contributed by atoms with Gasteiger partial charge >= 0.3 is 0 Å². The summed E-state index contributed by atoms with van der Waals surface area (Å²) < 4.78 is 21.8. The highest BCUT2D eigenvalue weighted by Crippen LogP contribution is 2.39. The van der Waals surface area contributed by atoms with Crippen molar-refractivity contribution in [3.63, 3.8) is 0 Å². The Bertz CT molecular complexity index is 1070. The van der Waals surface area contributed by atoms with E-state index < -0.39 is 10.7 Å². The Morgan fingerprint density at radius 3 is 2.96 bits per heavy atom. The summed E-state index contributed by atoms with van der Waals surface area (Å²) in [6, 6.07) is 5.55. The molecule has 4 rings (SSSR count). The topological polar surface area (TPSA) is 101 Å². The second kappa shape index (κ2) is 6.90. The molecule has 1 saturated carbocycles. The molecule has 0 spiro atoms. The van der Waals surface area contributed by atoms with Crippen molar-refractivity contribution in [2.75, 3.05) is 5.32 Å². The van der Waals surface area contributed by atoms with Crippen molar-refractivity contribution in [1.82, 2.24) is 20.2 Å². The molecule has 7 nitrogen and oxygen atoms in total. The van der Waals surface area contributed by atoms with Gasteiger partial charge in [0.15, 0.2) is 17.5 Å². The normalized spacial score (nSPS) is 13.7. The van der Waals surface area contributed by atoms with E-state index in [9.17, 15) is 8.42 Å². The minimum atomic E-state index is -2.46. The fourth-order valence-electron chi connectivity index (χ4n) is 2.54. The van der Waals surface area contributed by atoms with E-state index in [1.807, 2.05) is 12.1 Å². The van der Waals surface area contributed by atoms with Crippen LogP contribution >= 0.6 is 11.3 Å². The molecule has 2 N–H and O–H groups in total. The number of thiophene rings is 1. The van der Waals surface area contributed by atoms with E-state index in [0.29, 0.717) is 28.9 Å². The number of thiol groups is 1. The number of hydrogen-bond donors (Lipinski definition) is 3. The number of rotatable bonds is 6. The monoisotopic (exact) mass is 385 g/mol. The van der Waals surface area contributed by atoms with Crippen molar-refractivity contribution in [3.05, 3.63) is 40.5 Å². The van der Waals surface area contributed by atoms with E-state index in [4.69, 9.17) is 6.42 Å². The Hall–Kier alpha value is -2.70. The van der Waals surface area contributed by atoms with Crippen molar-refractivity contribution in [2.24, 2.45) is 0 Å². The molecule has 0 saturated heterocycles. The molecule has 132 valence electrons. The quantitative estimate of drug-likeness (QED) is 0.445. The summed E-state index contributed by atoms with van der Waals surface area (Å²) in [4.78, 5) is 10.3. The molecule has 0 amide bonds. The molecule has 0 bridgehead atoms. The van der Waals surface area contributed by atoms with Gasteiger partial charge in [-0.3, -0.25) is 5.10 Å². The van der Waals surface area contributed by atoms with Crippen LogP contribution in [0.3, 0.4) is 0 Å². The van der Waals surface area contributed by atoms with Gasteiger partial charge in [-0.25, -0.2) is 18.4 Å².